The first kappa shape index (κ1) is 17.7. The zero-order valence-electron chi connectivity index (χ0n) is 14.8. The number of carbonyl (C=O) groups excluding carboxylic acids is 2. The third-order valence-corrected chi connectivity index (χ3v) is 4.24. The number of rotatable bonds is 5. The van der Waals surface area contributed by atoms with E-state index in [-0.39, 0.29) is 18.0 Å². The summed E-state index contributed by atoms with van der Waals surface area (Å²) in [5.41, 5.74) is 3.12. The van der Waals surface area contributed by atoms with E-state index in [2.05, 4.69) is 10.4 Å². The maximum absolute atomic E-state index is 12.7. The summed E-state index contributed by atoms with van der Waals surface area (Å²) in [6.07, 6.45) is 0.209. The van der Waals surface area contributed by atoms with E-state index >= 15 is 0 Å². The molecule has 6 heteroatoms. The van der Waals surface area contributed by atoms with Crippen molar-refractivity contribution in [1.82, 2.24) is 5.32 Å². The molecule has 0 bridgehead atoms. The van der Waals surface area contributed by atoms with Gasteiger partial charge in [0.05, 0.1) is 12.8 Å². The van der Waals surface area contributed by atoms with Crippen LogP contribution >= 0.6 is 0 Å². The number of hydrogen-bond donors (Lipinski definition) is 1. The Bertz CT molecular complexity index is 816. The van der Waals surface area contributed by atoms with Gasteiger partial charge >= 0.3 is 5.97 Å². The summed E-state index contributed by atoms with van der Waals surface area (Å²) in [5.74, 6) is -0.697. The molecule has 26 heavy (non-hydrogen) atoms. The number of benzene rings is 2. The lowest BCUT2D eigenvalue weighted by molar-refractivity contribution is -0.132. The van der Waals surface area contributed by atoms with Crippen LogP contribution in [0.25, 0.3) is 0 Å². The van der Waals surface area contributed by atoms with Gasteiger partial charge in [-0.3, -0.25) is 9.80 Å². The number of ether oxygens (including phenoxy) is 1. The summed E-state index contributed by atoms with van der Waals surface area (Å²) in [7, 11) is 1.31. The summed E-state index contributed by atoms with van der Waals surface area (Å²) in [6, 6.07) is 16.7. The molecular formula is C20H21N3O3. The van der Waals surface area contributed by atoms with E-state index in [1.54, 1.807) is 5.01 Å². The van der Waals surface area contributed by atoms with Gasteiger partial charge in [-0.1, -0.05) is 48.0 Å². The number of hydrogen-bond acceptors (Lipinski definition) is 5. The van der Waals surface area contributed by atoms with Gasteiger partial charge in [0.2, 0.25) is 5.91 Å². The van der Waals surface area contributed by atoms with Gasteiger partial charge < -0.3 is 10.1 Å². The Morgan fingerprint density at radius 2 is 1.85 bits per heavy atom. The number of carbonyl (C=O) groups is 2. The van der Waals surface area contributed by atoms with Gasteiger partial charge in [-0.05, 0) is 24.6 Å². The number of anilines is 1. The lowest BCUT2D eigenvalue weighted by Gasteiger charge is -2.23. The lowest BCUT2D eigenvalue weighted by atomic mass is 10.1. The second kappa shape index (κ2) is 7.82. The number of methoxy groups -OCH3 is 1. The van der Waals surface area contributed by atoms with Crippen molar-refractivity contribution in [1.29, 1.82) is 0 Å². The lowest BCUT2D eigenvalue weighted by Crippen LogP contribution is -2.42. The molecule has 0 spiro atoms. The van der Waals surface area contributed by atoms with Crippen LogP contribution in [0.1, 0.15) is 17.5 Å². The van der Waals surface area contributed by atoms with Crippen molar-refractivity contribution in [3.05, 3.63) is 65.7 Å². The topological polar surface area (TPSA) is 71.0 Å². The summed E-state index contributed by atoms with van der Waals surface area (Å²) < 4.78 is 4.77. The SMILES string of the molecule is COC(=O)C1=NN(c2ccc(C)cc2)C(C(=O)NCc2ccccc2)C1. The van der Waals surface area contributed by atoms with Crippen LogP contribution in [0, 0.1) is 6.92 Å². The molecule has 0 fully saturated rings. The molecule has 1 N–H and O–H groups in total. The number of amides is 1. The van der Waals surface area contributed by atoms with Crippen LogP contribution in [-0.4, -0.2) is 30.7 Å². The maximum atomic E-state index is 12.7. The van der Waals surface area contributed by atoms with Crippen LogP contribution in [0.2, 0.25) is 0 Å². The minimum absolute atomic E-state index is 0.183. The molecule has 0 aromatic heterocycles. The van der Waals surface area contributed by atoms with Gasteiger partial charge in [0, 0.05) is 13.0 Å². The van der Waals surface area contributed by atoms with Gasteiger partial charge in [-0.2, -0.15) is 5.10 Å². The van der Waals surface area contributed by atoms with E-state index in [9.17, 15) is 9.59 Å². The molecule has 1 atom stereocenters. The highest BCUT2D eigenvalue weighted by molar-refractivity contribution is 6.38. The number of aryl methyl sites for hydroxylation is 1. The minimum atomic E-state index is -0.587. The molecule has 1 heterocycles. The van der Waals surface area contributed by atoms with Crippen LogP contribution in [0.4, 0.5) is 5.69 Å². The normalized spacial score (nSPS) is 16.2. The second-order valence-electron chi connectivity index (χ2n) is 6.14. The summed E-state index contributed by atoms with van der Waals surface area (Å²) in [4.78, 5) is 24.6. The first-order valence-electron chi connectivity index (χ1n) is 8.42. The van der Waals surface area contributed by atoms with Crippen molar-refractivity contribution in [3.8, 4) is 0 Å². The molecular weight excluding hydrogens is 330 g/mol. The highest BCUT2D eigenvalue weighted by Gasteiger charge is 2.36. The Morgan fingerprint density at radius 1 is 1.15 bits per heavy atom. The van der Waals surface area contributed by atoms with Gasteiger partial charge in [-0.25, -0.2) is 4.79 Å². The molecule has 6 nitrogen and oxygen atoms in total. The highest BCUT2D eigenvalue weighted by Crippen LogP contribution is 2.25. The third kappa shape index (κ3) is 3.91. The van der Waals surface area contributed by atoms with Crippen LogP contribution in [-0.2, 0) is 20.9 Å². The molecule has 0 aliphatic carbocycles. The average molecular weight is 351 g/mol. The second-order valence-corrected chi connectivity index (χ2v) is 6.14. The monoisotopic (exact) mass is 351 g/mol. The molecule has 0 saturated heterocycles. The van der Waals surface area contributed by atoms with E-state index in [1.165, 1.54) is 7.11 Å². The number of nitrogens with one attached hydrogen (secondary N) is 1. The van der Waals surface area contributed by atoms with Gasteiger partial charge in [-0.15, -0.1) is 0 Å². The largest absolute Gasteiger partial charge is 0.464 e. The quantitative estimate of drug-likeness (QED) is 0.840. The molecule has 134 valence electrons. The minimum Gasteiger partial charge on any atom is -0.464 e. The number of hydrazone groups is 1. The van der Waals surface area contributed by atoms with Gasteiger partial charge in [0.1, 0.15) is 11.8 Å². The zero-order valence-corrected chi connectivity index (χ0v) is 14.8. The molecule has 0 saturated carbocycles. The number of nitrogens with zero attached hydrogens (tertiary/aromatic N) is 2. The van der Waals surface area contributed by atoms with E-state index < -0.39 is 12.0 Å². The molecule has 1 amide bonds. The third-order valence-electron chi connectivity index (χ3n) is 4.24. The fourth-order valence-electron chi connectivity index (χ4n) is 2.79. The fraction of sp³-hybridized carbons (Fsp3) is 0.250. The van der Waals surface area contributed by atoms with E-state index in [1.807, 2.05) is 61.5 Å². The van der Waals surface area contributed by atoms with E-state index in [0.717, 1.165) is 16.8 Å². The smallest absolute Gasteiger partial charge is 0.354 e. The molecule has 2 aromatic carbocycles. The molecule has 2 aromatic rings. The van der Waals surface area contributed by atoms with Crippen molar-refractivity contribution < 1.29 is 14.3 Å². The predicted molar refractivity (Wildman–Crippen MR) is 99.8 cm³/mol. The molecule has 1 unspecified atom stereocenters. The molecule has 1 aliphatic rings. The van der Waals surface area contributed by atoms with E-state index in [0.29, 0.717) is 6.54 Å². The summed E-state index contributed by atoms with van der Waals surface area (Å²) >= 11 is 0. The van der Waals surface area contributed by atoms with Crippen molar-refractivity contribution >= 4 is 23.3 Å². The first-order valence-corrected chi connectivity index (χ1v) is 8.42. The van der Waals surface area contributed by atoms with Crippen molar-refractivity contribution in [2.24, 2.45) is 5.10 Å². The molecule has 1 aliphatic heterocycles. The molecule has 3 rings (SSSR count). The average Bonchev–Trinajstić information content (AvgIpc) is 3.12. The van der Waals surface area contributed by atoms with Crippen LogP contribution in [0.5, 0.6) is 0 Å². The van der Waals surface area contributed by atoms with Gasteiger partial charge in [0.25, 0.3) is 0 Å². The van der Waals surface area contributed by atoms with E-state index in [4.69, 9.17) is 4.74 Å². The Labute approximate surface area is 152 Å². The Morgan fingerprint density at radius 3 is 2.50 bits per heavy atom. The van der Waals surface area contributed by atoms with Crippen LogP contribution in [0.3, 0.4) is 0 Å². The Kier molecular flexibility index (Phi) is 5.31. The van der Waals surface area contributed by atoms with Crippen molar-refractivity contribution in [2.75, 3.05) is 12.1 Å². The maximum Gasteiger partial charge on any atom is 0.354 e. The Hall–Kier alpha value is -3.15. The van der Waals surface area contributed by atoms with Crippen molar-refractivity contribution in [3.63, 3.8) is 0 Å². The van der Waals surface area contributed by atoms with Crippen LogP contribution < -0.4 is 10.3 Å². The predicted octanol–water partition coefficient (Wildman–Crippen LogP) is 2.42. The van der Waals surface area contributed by atoms with Crippen LogP contribution in [0.15, 0.2) is 59.7 Å². The number of esters is 1. The Balaban J connectivity index is 1.78. The summed E-state index contributed by atoms with van der Waals surface area (Å²) in [6.45, 7) is 2.41. The standard InChI is InChI=1S/C20H21N3O3/c1-14-8-10-16(11-9-14)23-18(12-17(22-23)20(25)26-2)19(24)21-13-15-6-4-3-5-7-15/h3-11,18H,12-13H2,1-2H3,(H,21,24). The fourth-order valence-corrected chi connectivity index (χ4v) is 2.79. The van der Waals surface area contributed by atoms with Gasteiger partial charge in [0.15, 0.2) is 0 Å². The highest BCUT2D eigenvalue weighted by atomic mass is 16.5. The summed E-state index contributed by atoms with van der Waals surface area (Å²) in [5, 5.41) is 8.84. The molecule has 0 radical (unpaired) electrons. The zero-order chi connectivity index (χ0) is 18.5. The van der Waals surface area contributed by atoms with Crippen molar-refractivity contribution in [2.45, 2.75) is 25.9 Å². The first-order chi connectivity index (χ1) is 12.6.